The van der Waals surface area contributed by atoms with Crippen LogP contribution < -0.4 is 5.43 Å². The van der Waals surface area contributed by atoms with E-state index in [9.17, 15) is 14.4 Å². The molecule has 1 amide bonds. The number of hydrogen-bond acceptors (Lipinski definition) is 6. The Balaban J connectivity index is 3.11. The lowest BCUT2D eigenvalue weighted by Gasteiger charge is -2.48. The molecule has 0 heterocycles. The Kier molecular flexibility index (Phi) is 8.11. The molecule has 1 aliphatic rings. The molecule has 7 nitrogen and oxygen atoms in total. The van der Waals surface area contributed by atoms with Crippen molar-refractivity contribution in [2.24, 2.45) is 15.8 Å². The Bertz CT molecular complexity index is 676. The fraction of sp³-hybridized carbons (Fsp3) is 0.773. The van der Waals surface area contributed by atoms with Gasteiger partial charge in [-0.15, -0.1) is 0 Å². The molecule has 1 saturated carbocycles. The molecule has 164 valence electrons. The molecule has 0 saturated heterocycles. The maximum absolute atomic E-state index is 12.3. The highest BCUT2D eigenvalue weighted by atomic mass is 16.5. The van der Waals surface area contributed by atoms with Crippen molar-refractivity contribution in [3.8, 4) is 0 Å². The maximum Gasteiger partial charge on any atom is 0.339 e. The van der Waals surface area contributed by atoms with Crippen LogP contribution >= 0.6 is 0 Å². The van der Waals surface area contributed by atoms with E-state index >= 15 is 0 Å². The Morgan fingerprint density at radius 3 is 2.45 bits per heavy atom. The lowest BCUT2D eigenvalue weighted by molar-refractivity contribution is -0.930. The SMILES string of the molecule is C=C(C[N+](C=O)(NCC1(C)CC(N=C=O)CC(C)(C)C1)C(C)(C)C)C(=O)OCC. The zero-order valence-electron chi connectivity index (χ0n) is 19.1. The summed E-state index contributed by atoms with van der Waals surface area (Å²) in [7, 11) is 0. The molecule has 0 spiro atoms. The number of rotatable bonds is 9. The molecule has 0 bridgehead atoms. The van der Waals surface area contributed by atoms with Crippen LogP contribution in [0.2, 0.25) is 0 Å². The largest absolute Gasteiger partial charge is 0.462 e. The number of ether oxygens (including phenoxy) is 1. The first kappa shape index (κ1) is 25.2. The zero-order valence-corrected chi connectivity index (χ0v) is 19.1. The van der Waals surface area contributed by atoms with Gasteiger partial charge >= 0.3 is 12.4 Å². The molecule has 7 heteroatoms. The van der Waals surface area contributed by atoms with Gasteiger partial charge in [0, 0.05) is 0 Å². The second-order valence-electron chi connectivity index (χ2n) is 10.4. The van der Waals surface area contributed by atoms with Crippen LogP contribution in [0.5, 0.6) is 0 Å². The normalized spacial score (nSPS) is 26.0. The van der Waals surface area contributed by atoms with Crippen LogP contribution in [0, 0.1) is 10.8 Å². The van der Waals surface area contributed by atoms with Gasteiger partial charge in [-0.2, -0.15) is 10.0 Å². The minimum absolute atomic E-state index is 0.0206. The highest BCUT2D eigenvalue weighted by Gasteiger charge is 2.47. The molecule has 29 heavy (non-hydrogen) atoms. The van der Waals surface area contributed by atoms with E-state index in [2.05, 4.69) is 37.8 Å². The number of isocyanates is 1. The van der Waals surface area contributed by atoms with E-state index in [0.29, 0.717) is 6.54 Å². The van der Waals surface area contributed by atoms with E-state index in [1.54, 1.807) is 13.0 Å². The number of carbonyl (C=O) groups is 2. The highest BCUT2D eigenvalue weighted by molar-refractivity contribution is 5.88. The molecule has 0 radical (unpaired) electrons. The van der Waals surface area contributed by atoms with E-state index in [4.69, 9.17) is 4.74 Å². The lowest BCUT2D eigenvalue weighted by Crippen LogP contribution is -2.69. The summed E-state index contributed by atoms with van der Waals surface area (Å²) in [6, 6.07) is -0.0784. The van der Waals surface area contributed by atoms with Gasteiger partial charge in [0.15, 0.2) is 0 Å². The summed E-state index contributed by atoms with van der Waals surface area (Å²) < 4.78 is 4.90. The van der Waals surface area contributed by atoms with E-state index in [1.165, 1.54) is 0 Å². The van der Waals surface area contributed by atoms with Crippen molar-refractivity contribution >= 4 is 18.5 Å². The topological polar surface area (TPSA) is 84.8 Å². The number of amides is 1. The van der Waals surface area contributed by atoms with E-state index in [1.807, 2.05) is 20.8 Å². The number of aliphatic imine (C=N–C) groups is 1. The van der Waals surface area contributed by atoms with E-state index in [-0.39, 0.29) is 40.2 Å². The van der Waals surface area contributed by atoms with Crippen molar-refractivity contribution in [3.05, 3.63) is 12.2 Å². The molecule has 0 aromatic heterocycles. The van der Waals surface area contributed by atoms with Gasteiger partial charge in [0.05, 0.1) is 24.8 Å². The summed E-state index contributed by atoms with van der Waals surface area (Å²) in [5.74, 6) is -0.492. The Hall–Kier alpha value is -1.82. The molecule has 0 aromatic carbocycles. The van der Waals surface area contributed by atoms with Gasteiger partial charge in [0.1, 0.15) is 12.1 Å². The van der Waals surface area contributed by atoms with Gasteiger partial charge in [0.25, 0.3) is 0 Å². The van der Waals surface area contributed by atoms with Crippen molar-refractivity contribution < 1.29 is 23.7 Å². The molecule has 3 unspecified atom stereocenters. The highest BCUT2D eigenvalue weighted by Crippen LogP contribution is 2.47. The molecule has 1 N–H and O–H groups in total. The van der Waals surface area contributed by atoms with Gasteiger partial charge in [-0.25, -0.2) is 19.4 Å². The molecule has 1 fully saturated rings. The first-order valence-corrected chi connectivity index (χ1v) is 10.2. The minimum atomic E-state index is -0.516. The molecular weight excluding hydrogens is 370 g/mol. The number of nitrogens with one attached hydrogen (secondary N) is 1. The number of esters is 1. The summed E-state index contributed by atoms with van der Waals surface area (Å²) >= 11 is 0. The third-order valence-electron chi connectivity index (χ3n) is 5.83. The van der Waals surface area contributed by atoms with Gasteiger partial charge in [-0.05, 0) is 57.8 Å². The summed E-state index contributed by atoms with van der Waals surface area (Å²) in [6.07, 6.45) is 5.04. The average molecular weight is 409 g/mol. The fourth-order valence-electron chi connectivity index (χ4n) is 4.57. The molecule has 3 atom stereocenters. The monoisotopic (exact) mass is 408 g/mol. The summed E-state index contributed by atoms with van der Waals surface area (Å²) in [5, 5.41) is 0. The predicted molar refractivity (Wildman–Crippen MR) is 112 cm³/mol. The van der Waals surface area contributed by atoms with Gasteiger partial charge in [-0.1, -0.05) is 27.4 Å². The minimum Gasteiger partial charge on any atom is -0.462 e. The van der Waals surface area contributed by atoms with Crippen LogP contribution in [0.25, 0.3) is 0 Å². The van der Waals surface area contributed by atoms with Gasteiger partial charge < -0.3 is 4.74 Å². The van der Waals surface area contributed by atoms with Crippen LogP contribution in [0.3, 0.4) is 0 Å². The summed E-state index contributed by atoms with van der Waals surface area (Å²) in [4.78, 5) is 39.2. The van der Waals surface area contributed by atoms with Crippen LogP contribution in [0.1, 0.15) is 67.7 Å². The predicted octanol–water partition coefficient (Wildman–Crippen LogP) is 3.30. The van der Waals surface area contributed by atoms with Gasteiger partial charge in [-0.3, -0.25) is 0 Å². The summed E-state index contributed by atoms with van der Waals surface area (Å²) in [6.45, 7) is 18.8. The van der Waals surface area contributed by atoms with Gasteiger partial charge in [0.2, 0.25) is 6.08 Å². The second-order valence-corrected chi connectivity index (χ2v) is 10.4. The fourth-order valence-corrected chi connectivity index (χ4v) is 4.57. The van der Waals surface area contributed by atoms with Crippen LogP contribution in [-0.2, 0) is 19.1 Å². The number of nitrogens with zero attached hydrogens (tertiary/aromatic N) is 2. The third kappa shape index (κ3) is 6.59. The molecular formula is C22H38N3O4+. The Morgan fingerprint density at radius 2 is 1.97 bits per heavy atom. The van der Waals surface area contributed by atoms with Crippen molar-refractivity contribution in [2.75, 3.05) is 19.7 Å². The average Bonchev–Trinajstić information content (AvgIpc) is 2.56. The van der Waals surface area contributed by atoms with Crippen molar-refractivity contribution in [1.82, 2.24) is 5.43 Å². The quantitative estimate of drug-likeness (QED) is 0.120. The van der Waals surface area contributed by atoms with Crippen LogP contribution in [0.15, 0.2) is 17.1 Å². The molecule has 0 aromatic rings. The number of hydrogen-bond donors (Lipinski definition) is 1. The maximum atomic E-state index is 12.3. The standard InChI is InChI=1S/C22H38N3O4/c1-9-29-19(28)17(2)12-25(16-27,20(3,4)5)24-14-22(8)11-18(23-15-26)10-21(6,7)13-22/h16,18,24H,2,9-14H2,1,3-8H3/q+1. The smallest absolute Gasteiger partial charge is 0.339 e. The third-order valence-corrected chi connectivity index (χ3v) is 5.83. The van der Waals surface area contributed by atoms with Crippen LogP contribution in [-0.4, -0.2) is 54.3 Å². The van der Waals surface area contributed by atoms with Crippen LogP contribution in [0.4, 0.5) is 0 Å². The van der Waals surface area contributed by atoms with Crippen molar-refractivity contribution in [2.45, 2.75) is 79.3 Å². The van der Waals surface area contributed by atoms with Crippen molar-refractivity contribution in [3.63, 3.8) is 0 Å². The number of quaternary nitrogens is 1. The molecule has 1 rings (SSSR count). The summed E-state index contributed by atoms with van der Waals surface area (Å²) in [5.41, 5.74) is 3.01. The lowest BCUT2D eigenvalue weighted by atomic mass is 9.63. The van der Waals surface area contributed by atoms with E-state index < -0.39 is 11.5 Å². The molecule has 1 aliphatic carbocycles. The van der Waals surface area contributed by atoms with Crippen molar-refractivity contribution in [1.29, 1.82) is 0 Å². The van der Waals surface area contributed by atoms with E-state index in [0.717, 1.165) is 25.7 Å². The second kappa shape index (κ2) is 9.33. The zero-order chi connectivity index (χ0) is 22.5. The Morgan fingerprint density at radius 1 is 1.34 bits per heavy atom. The first-order valence-electron chi connectivity index (χ1n) is 10.2. The number of carbonyl (C=O) groups excluding carboxylic acids is 3. The molecule has 0 aliphatic heterocycles. The Labute approximate surface area is 175 Å². The first-order chi connectivity index (χ1) is 13.2.